The first-order valence-corrected chi connectivity index (χ1v) is 7.69. The van der Waals surface area contributed by atoms with E-state index in [0.29, 0.717) is 6.61 Å². The van der Waals surface area contributed by atoms with Crippen molar-refractivity contribution < 1.29 is 14.3 Å². The number of carbonyl (C=O) groups excluding carboxylic acids is 1. The molecule has 0 aromatic carbocycles. The molecule has 1 spiro atoms. The summed E-state index contributed by atoms with van der Waals surface area (Å²) in [5, 5.41) is 0.955. The maximum atomic E-state index is 12.5. The summed E-state index contributed by atoms with van der Waals surface area (Å²) >= 11 is 1.50. The van der Waals surface area contributed by atoms with E-state index in [1.807, 2.05) is 6.92 Å². The van der Waals surface area contributed by atoms with Crippen LogP contribution in [0.5, 0.6) is 0 Å². The van der Waals surface area contributed by atoms with Gasteiger partial charge >= 0.3 is 0 Å². The van der Waals surface area contributed by atoms with Gasteiger partial charge in [-0.3, -0.25) is 4.79 Å². The molecular formula is C14H19NO3S. The number of Topliss-reactive ketones (excluding diaryl/α,β-unsaturated/α-hetero) is 1. The topological polar surface area (TPSA) is 48.4 Å². The van der Waals surface area contributed by atoms with Crippen LogP contribution in [0, 0.1) is 12.8 Å². The molecule has 104 valence electrons. The van der Waals surface area contributed by atoms with Crippen molar-refractivity contribution in [3.63, 3.8) is 0 Å². The van der Waals surface area contributed by atoms with Gasteiger partial charge in [0.2, 0.25) is 0 Å². The largest absolute Gasteiger partial charge is 0.381 e. The molecule has 19 heavy (non-hydrogen) atoms. The zero-order chi connectivity index (χ0) is 13.3. The second kappa shape index (κ2) is 5.31. The molecule has 1 unspecified atom stereocenters. The van der Waals surface area contributed by atoms with E-state index in [2.05, 4.69) is 4.98 Å². The molecule has 3 rings (SSSR count). The summed E-state index contributed by atoms with van der Waals surface area (Å²) < 4.78 is 11.4. The van der Waals surface area contributed by atoms with Gasteiger partial charge in [-0.05, 0) is 32.6 Å². The third-order valence-electron chi connectivity index (χ3n) is 4.13. The van der Waals surface area contributed by atoms with E-state index < -0.39 is 0 Å². The average molecular weight is 281 g/mol. The number of nitrogens with zero attached hydrogens (tertiary/aromatic N) is 1. The molecule has 1 aromatic heterocycles. The highest BCUT2D eigenvalue weighted by molar-refractivity contribution is 7.13. The van der Waals surface area contributed by atoms with Crippen LogP contribution in [-0.2, 0) is 9.47 Å². The van der Waals surface area contributed by atoms with Crippen LogP contribution in [-0.4, -0.2) is 36.2 Å². The Morgan fingerprint density at radius 2 is 2.21 bits per heavy atom. The predicted octanol–water partition coefficient (Wildman–Crippen LogP) is 2.61. The number of ketones is 1. The van der Waals surface area contributed by atoms with Crippen LogP contribution in [0.2, 0.25) is 0 Å². The van der Waals surface area contributed by atoms with Crippen molar-refractivity contribution in [1.82, 2.24) is 4.98 Å². The fourth-order valence-corrected chi connectivity index (χ4v) is 3.82. The van der Waals surface area contributed by atoms with Crippen LogP contribution in [0.4, 0.5) is 0 Å². The Labute approximate surface area is 117 Å². The van der Waals surface area contributed by atoms with Gasteiger partial charge in [-0.25, -0.2) is 4.98 Å². The van der Waals surface area contributed by atoms with Gasteiger partial charge in [0.05, 0.1) is 15.5 Å². The third-order valence-corrected chi connectivity index (χ3v) is 5.06. The molecule has 0 amide bonds. The first-order chi connectivity index (χ1) is 9.19. The normalized spacial score (nSPS) is 26.5. The fraction of sp³-hybridized carbons (Fsp3) is 0.714. The summed E-state index contributed by atoms with van der Waals surface area (Å²) in [5.74, 6) is 0.339. The van der Waals surface area contributed by atoms with Crippen molar-refractivity contribution in [1.29, 1.82) is 0 Å². The highest BCUT2D eigenvalue weighted by atomic mass is 32.1. The van der Waals surface area contributed by atoms with Crippen LogP contribution in [0.15, 0.2) is 6.20 Å². The van der Waals surface area contributed by atoms with Crippen molar-refractivity contribution in [3.8, 4) is 0 Å². The maximum absolute atomic E-state index is 12.5. The molecule has 2 aliphatic heterocycles. The SMILES string of the molecule is Cc1ncc(C(=O)C2CCOC3(CCOCC3)C2)s1. The van der Waals surface area contributed by atoms with E-state index in [1.165, 1.54) is 11.3 Å². The van der Waals surface area contributed by atoms with Crippen LogP contribution in [0.3, 0.4) is 0 Å². The van der Waals surface area contributed by atoms with Crippen molar-refractivity contribution in [3.05, 3.63) is 16.1 Å². The van der Waals surface area contributed by atoms with Crippen LogP contribution in [0.25, 0.3) is 0 Å². The van der Waals surface area contributed by atoms with Gasteiger partial charge in [0, 0.05) is 31.9 Å². The Balaban J connectivity index is 1.72. The van der Waals surface area contributed by atoms with Gasteiger partial charge in [0.1, 0.15) is 0 Å². The summed E-state index contributed by atoms with van der Waals surface area (Å²) in [6.45, 7) is 4.13. The van der Waals surface area contributed by atoms with E-state index in [9.17, 15) is 4.79 Å². The Morgan fingerprint density at radius 3 is 2.89 bits per heavy atom. The van der Waals surface area contributed by atoms with Gasteiger partial charge in [0.15, 0.2) is 5.78 Å². The molecule has 4 nitrogen and oxygen atoms in total. The number of aromatic nitrogens is 1. The van der Waals surface area contributed by atoms with E-state index in [-0.39, 0.29) is 17.3 Å². The number of hydrogen-bond acceptors (Lipinski definition) is 5. The van der Waals surface area contributed by atoms with Crippen molar-refractivity contribution in [2.24, 2.45) is 5.92 Å². The van der Waals surface area contributed by atoms with E-state index in [4.69, 9.17) is 9.47 Å². The Morgan fingerprint density at radius 1 is 1.42 bits per heavy atom. The molecule has 3 heterocycles. The first-order valence-electron chi connectivity index (χ1n) is 6.87. The van der Waals surface area contributed by atoms with Crippen molar-refractivity contribution in [2.75, 3.05) is 19.8 Å². The summed E-state index contributed by atoms with van der Waals surface area (Å²) in [4.78, 5) is 17.5. The monoisotopic (exact) mass is 281 g/mol. The number of rotatable bonds is 2. The number of thiazole rings is 1. The maximum Gasteiger partial charge on any atom is 0.177 e. The molecule has 0 N–H and O–H groups in total. The average Bonchev–Trinajstić information content (AvgIpc) is 2.85. The lowest BCUT2D eigenvalue weighted by Gasteiger charge is -2.42. The van der Waals surface area contributed by atoms with Gasteiger partial charge < -0.3 is 9.47 Å². The van der Waals surface area contributed by atoms with Crippen LogP contribution < -0.4 is 0 Å². The standard InChI is InChI=1S/C14H19NO3S/c1-10-15-9-12(19-10)13(16)11-2-5-18-14(8-11)3-6-17-7-4-14/h9,11H,2-8H2,1H3. The molecule has 0 radical (unpaired) electrons. The Hall–Kier alpha value is -0.780. The lowest BCUT2D eigenvalue weighted by atomic mass is 9.79. The van der Waals surface area contributed by atoms with Gasteiger partial charge in [-0.1, -0.05) is 0 Å². The molecule has 5 heteroatoms. The highest BCUT2D eigenvalue weighted by Gasteiger charge is 2.41. The second-order valence-electron chi connectivity index (χ2n) is 5.44. The Bertz CT molecular complexity index is 460. The molecule has 0 bridgehead atoms. The Kier molecular flexibility index (Phi) is 3.69. The number of carbonyl (C=O) groups is 1. The molecule has 2 saturated heterocycles. The van der Waals surface area contributed by atoms with Gasteiger partial charge in [-0.2, -0.15) is 0 Å². The number of hydrogen-bond donors (Lipinski definition) is 0. The first kappa shape index (κ1) is 13.2. The lowest BCUT2D eigenvalue weighted by Crippen LogP contribution is -2.45. The van der Waals surface area contributed by atoms with E-state index >= 15 is 0 Å². The summed E-state index contributed by atoms with van der Waals surface area (Å²) in [7, 11) is 0. The molecule has 0 aliphatic carbocycles. The molecule has 1 atom stereocenters. The third kappa shape index (κ3) is 2.73. The minimum atomic E-state index is -0.115. The molecular weight excluding hydrogens is 262 g/mol. The molecule has 2 fully saturated rings. The zero-order valence-corrected chi connectivity index (χ0v) is 12.0. The van der Waals surface area contributed by atoms with E-state index in [1.54, 1.807) is 6.20 Å². The molecule has 1 aromatic rings. The summed E-state index contributed by atoms with van der Waals surface area (Å²) in [5.41, 5.74) is -0.115. The summed E-state index contributed by atoms with van der Waals surface area (Å²) in [6, 6.07) is 0. The number of aryl methyl sites for hydroxylation is 1. The lowest BCUT2D eigenvalue weighted by molar-refractivity contribution is -0.142. The van der Waals surface area contributed by atoms with Gasteiger partial charge in [-0.15, -0.1) is 11.3 Å². The van der Waals surface area contributed by atoms with Crippen molar-refractivity contribution >= 4 is 17.1 Å². The van der Waals surface area contributed by atoms with Crippen LogP contribution >= 0.6 is 11.3 Å². The van der Waals surface area contributed by atoms with Crippen molar-refractivity contribution in [2.45, 2.75) is 38.2 Å². The minimum Gasteiger partial charge on any atom is -0.381 e. The summed E-state index contributed by atoms with van der Waals surface area (Å²) in [6.07, 6.45) is 5.22. The zero-order valence-electron chi connectivity index (χ0n) is 11.2. The number of ether oxygens (including phenoxy) is 2. The second-order valence-corrected chi connectivity index (χ2v) is 6.68. The van der Waals surface area contributed by atoms with E-state index in [0.717, 1.165) is 48.8 Å². The minimum absolute atomic E-state index is 0.0895. The van der Waals surface area contributed by atoms with Gasteiger partial charge in [0.25, 0.3) is 0 Å². The highest BCUT2D eigenvalue weighted by Crippen LogP contribution is 2.38. The fourth-order valence-electron chi connectivity index (χ4n) is 3.02. The molecule has 0 saturated carbocycles. The smallest absolute Gasteiger partial charge is 0.177 e. The van der Waals surface area contributed by atoms with Crippen LogP contribution in [0.1, 0.15) is 40.4 Å². The quantitative estimate of drug-likeness (QED) is 0.782. The predicted molar refractivity (Wildman–Crippen MR) is 72.6 cm³/mol. The molecule has 2 aliphatic rings.